The van der Waals surface area contributed by atoms with Gasteiger partial charge in [0.2, 0.25) is 0 Å². The molecule has 0 spiro atoms. The summed E-state index contributed by atoms with van der Waals surface area (Å²) in [6, 6.07) is 5.78. The molecule has 1 aromatic rings. The second-order valence-corrected chi connectivity index (χ2v) is 6.70. The topological polar surface area (TPSA) is 29.3 Å². The van der Waals surface area contributed by atoms with Gasteiger partial charge in [0.1, 0.15) is 0 Å². The van der Waals surface area contributed by atoms with E-state index in [4.69, 9.17) is 5.73 Å². The highest BCUT2D eigenvalue weighted by Gasteiger charge is 2.36. The monoisotopic (exact) mass is 266 g/mol. The minimum absolute atomic E-state index is 0.253. The predicted molar refractivity (Wildman–Crippen MR) is 79.9 cm³/mol. The van der Waals surface area contributed by atoms with E-state index in [1.807, 2.05) is 11.3 Å². The largest absolute Gasteiger partial charge is 0.326 e. The van der Waals surface area contributed by atoms with Crippen molar-refractivity contribution in [3.05, 3.63) is 22.4 Å². The van der Waals surface area contributed by atoms with Gasteiger partial charge in [-0.1, -0.05) is 26.8 Å². The molecule has 3 heteroatoms. The van der Waals surface area contributed by atoms with Crippen LogP contribution in [0.1, 0.15) is 51.0 Å². The first-order chi connectivity index (χ1) is 8.65. The molecule has 2 rings (SSSR count). The van der Waals surface area contributed by atoms with Gasteiger partial charge in [-0.05, 0) is 43.2 Å². The lowest BCUT2D eigenvalue weighted by Crippen LogP contribution is -2.44. The van der Waals surface area contributed by atoms with Gasteiger partial charge < -0.3 is 5.73 Å². The molecule has 2 heterocycles. The van der Waals surface area contributed by atoms with E-state index in [-0.39, 0.29) is 6.04 Å². The molecule has 0 amide bonds. The van der Waals surface area contributed by atoms with Crippen molar-refractivity contribution in [2.24, 2.45) is 11.7 Å². The van der Waals surface area contributed by atoms with Crippen molar-refractivity contribution in [3.8, 4) is 0 Å². The van der Waals surface area contributed by atoms with E-state index in [0.29, 0.717) is 12.1 Å². The Morgan fingerprint density at radius 3 is 2.83 bits per heavy atom. The highest BCUT2D eigenvalue weighted by Crippen LogP contribution is 2.36. The molecule has 0 aliphatic carbocycles. The highest BCUT2D eigenvalue weighted by atomic mass is 32.1. The van der Waals surface area contributed by atoms with Gasteiger partial charge in [0.25, 0.3) is 0 Å². The lowest BCUT2D eigenvalue weighted by Gasteiger charge is -2.37. The average molecular weight is 266 g/mol. The SMILES string of the molecule is CCC(N)C(c1cccs1)N1CCCC1C(C)C. The molecule has 1 aromatic heterocycles. The number of hydrogen-bond acceptors (Lipinski definition) is 3. The van der Waals surface area contributed by atoms with E-state index in [1.54, 1.807) is 0 Å². The van der Waals surface area contributed by atoms with Crippen molar-refractivity contribution in [1.29, 1.82) is 0 Å². The Kier molecular flexibility index (Phi) is 4.82. The molecule has 2 N–H and O–H groups in total. The van der Waals surface area contributed by atoms with Crippen molar-refractivity contribution in [2.75, 3.05) is 6.54 Å². The first kappa shape index (κ1) is 14.0. The summed E-state index contributed by atoms with van der Waals surface area (Å²) in [5, 5.41) is 2.17. The second kappa shape index (κ2) is 6.18. The van der Waals surface area contributed by atoms with Gasteiger partial charge in [-0.15, -0.1) is 11.3 Å². The van der Waals surface area contributed by atoms with Crippen molar-refractivity contribution in [1.82, 2.24) is 4.90 Å². The Balaban J connectivity index is 2.23. The van der Waals surface area contributed by atoms with Gasteiger partial charge in [0.05, 0.1) is 6.04 Å². The lowest BCUT2D eigenvalue weighted by atomic mass is 9.97. The summed E-state index contributed by atoms with van der Waals surface area (Å²) in [5.41, 5.74) is 6.42. The normalized spacial score (nSPS) is 24.6. The van der Waals surface area contributed by atoms with Crippen molar-refractivity contribution in [3.63, 3.8) is 0 Å². The van der Waals surface area contributed by atoms with Gasteiger partial charge in [-0.25, -0.2) is 0 Å². The zero-order valence-electron chi connectivity index (χ0n) is 11.8. The van der Waals surface area contributed by atoms with Crippen LogP contribution in [0, 0.1) is 5.92 Å². The molecule has 0 saturated carbocycles. The van der Waals surface area contributed by atoms with Crippen LogP contribution in [0.4, 0.5) is 0 Å². The van der Waals surface area contributed by atoms with Crippen molar-refractivity contribution >= 4 is 11.3 Å². The molecule has 18 heavy (non-hydrogen) atoms. The number of hydrogen-bond donors (Lipinski definition) is 1. The molecule has 1 aliphatic rings. The van der Waals surface area contributed by atoms with E-state index in [9.17, 15) is 0 Å². The minimum Gasteiger partial charge on any atom is -0.326 e. The average Bonchev–Trinajstić information content (AvgIpc) is 2.99. The summed E-state index contributed by atoms with van der Waals surface area (Å²) in [6.45, 7) is 8.09. The van der Waals surface area contributed by atoms with Crippen LogP contribution in [-0.4, -0.2) is 23.5 Å². The van der Waals surface area contributed by atoms with E-state index in [2.05, 4.69) is 43.2 Å². The Morgan fingerprint density at radius 1 is 1.50 bits per heavy atom. The van der Waals surface area contributed by atoms with Gasteiger partial charge >= 0.3 is 0 Å². The first-order valence-electron chi connectivity index (χ1n) is 7.19. The zero-order valence-corrected chi connectivity index (χ0v) is 12.6. The number of nitrogens with zero attached hydrogens (tertiary/aromatic N) is 1. The quantitative estimate of drug-likeness (QED) is 0.881. The Labute approximate surface area is 115 Å². The highest BCUT2D eigenvalue weighted by molar-refractivity contribution is 7.10. The summed E-state index contributed by atoms with van der Waals surface area (Å²) in [6.07, 6.45) is 3.70. The van der Waals surface area contributed by atoms with Crippen LogP contribution in [0.3, 0.4) is 0 Å². The minimum atomic E-state index is 0.253. The number of thiophene rings is 1. The molecule has 0 radical (unpaired) electrons. The van der Waals surface area contributed by atoms with Crippen molar-refractivity contribution < 1.29 is 0 Å². The number of rotatable bonds is 5. The zero-order chi connectivity index (χ0) is 13.1. The third-order valence-corrected chi connectivity index (χ3v) is 5.12. The first-order valence-corrected chi connectivity index (χ1v) is 8.07. The van der Waals surface area contributed by atoms with Crippen LogP contribution in [0.2, 0.25) is 0 Å². The van der Waals surface area contributed by atoms with Crippen LogP contribution in [0.15, 0.2) is 17.5 Å². The van der Waals surface area contributed by atoms with Crippen LogP contribution < -0.4 is 5.73 Å². The maximum Gasteiger partial charge on any atom is 0.0595 e. The molecule has 102 valence electrons. The summed E-state index contributed by atoms with van der Waals surface area (Å²) < 4.78 is 0. The van der Waals surface area contributed by atoms with Gasteiger partial charge in [-0.2, -0.15) is 0 Å². The van der Waals surface area contributed by atoms with Crippen LogP contribution >= 0.6 is 11.3 Å². The fraction of sp³-hybridized carbons (Fsp3) is 0.733. The van der Waals surface area contributed by atoms with Gasteiger partial charge in [0.15, 0.2) is 0 Å². The molecule has 0 aromatic carbocycles. The molecule has 3 unspecified atom stereocenters. The molecular weight excluding hydrogens is 240 g/mol. The van der Waals surface area contributed by atoms with Crippen LogP contribution in [0.25, 0.3) is 0 Å². The third kappa shape index (κ3) is 2.79. The number of likely N-dealkylation sites (tertiary alicyclic amines) is 1. The van der Waals surface area contributed by atoms with E-state index in [0.717, 1.165) is 12.3 Å². The Hall–Kier alpha value is -0.380. The fourth-order valence-corrected chi connectivity index (χ4v) is 4.10. The van der Waals surface area contributed by atoms with Crippen molar-refractivity contribution in [2.45, 2.75) is 58.2 Å². The predicted octanol–water partition coefficient (Wildman–Crippen LogP) is 3.65. The van der Waals surface area contributed by atoms with E-state index < -0.39 is 0 Å². The van der Waals surface area contributed by atoms with Gasteiger partial charge in [0, 0.05) is 17.0 Å². The Morgan fingerprint density at radius 2 is 2.28 bits per heavy atom. The third-order valence-electron chi connectivity index (χ3n) is 4.18. The van der Waals surface area contributed by atoms with E-state index in [1.165, 1.54) is 24.3 Å². The smallest absolute Gasteiger partial charge is 0.0595 e. The Bertz CT molecular complexity index is 347. The van der Waals surface area contributed by atoms with Crippen LogP contribution in [-0.2, 0) is 0 Å². The second-order valence-electron chi connectivity index (χ2n) is 5.72. The fourth-order valence-electron chi connectivity index (χ4n) is 3.18. The van der Waals surface area contributed by atoms with Crippen LogP contribution in [0.5, 0.6) is 0 Å². The molecule has 3 atom stereocenters. The van der Waals surface area contributed by atoms with Gasteiger partial charge in [-0.3, -0.25) is 4.90 Å². The molecule has 1 fully saturated rings. The summed E-state index contributed by atoms with van der Waals surface area (Å²) in [7, 11) is 0. The lowest BCUT2D eigenvalue weighted by molar-refractivity contribution is 0.127. The maximum absolute atomic E-state index is 6.42. The maximum atomic E-state index is 6.42. The van der Waals surface area contributed by atoms with E-state index >= 15 is 0 Å². The molecule has 0 bridgehead atoms. The standard InChI is InChI=1S/C15H26N2S/c1-4-12(16)15(14-8-6-10-18-14)17-9-5-7-13(17)11(2)3/h6,8,10-13,15H,4-5,7,9,16H2,1-3H3. The number of nitrogens with two attached hydrogens (primary N) is 1. The molecular formula is C15H26N2S. The molecule has 2 nitrogen and oxygen atoms in total. The summed E-state index contributed by atoms with van der Waals surface area (Å²) >= 11 is 1.85. The molecule has 1 aliphatic heterocycles. The summed E-state index contributed by atoms with van der Waals surface area (Å²) in [4.78, 5) is 4.11. The molecule has 1 saturated heterocycles. The summed E-state index contributed by atoms with van der Waals surface area (Å²) in [5.74, 6) is 0.721.